The quantitative estimate of drug-likeness (QED) is 0.0735. The Morgan fingerprint density at radius 2 is 1.59 bits per heavy atom. The molecule has 15 nitrogen and oxygen atoms in total. The summed E-state index contributed by atoms with van der Waals surface area (Å²) in [4.78, 5) is 78.8. The van der Waals surface area contributed by atoms with Crippen LogP contribution in [0, 0.1) is 0 Å². The molecule has 2 aliphatic heterocycles. The number of ether oxygens (including phenoxy) is 1. The molecule has 0 aliphatic carbocycles. The number of fused-ring (bicyclic) bond motifs is 1. The minimum atomic E-state index is -1.05. The predicted octanol–water partition coefficient (Wildman–Crippen LogP) is 6.55. The number of nitrogen functional groups attached to an aromatic ring is 1. The van der Waals surface area contributed by atoms with Crippen LogP contribution in [-0.4, -0.2) is 98.7 Å². The number of benzene rings is 2. The van der Waals surface area contributed by atoms with Crippen molar-refractivity contribution in [1.82, 2.24) is 40.3 Å². The molecule has 2 aliphatic rings. The summed E-state index contributed by atoms with van der Waals surface area (Å²) in [5.41, 5.74) is 8.82. The lowest BCUT2D eigenvalue weighted by Gasteiger charge is -2.40. The number of nitrogens with two attached hydrogens (primary N) is 1. The van der Waals surface area contributed by atoms with E-state index in [-0.39, 0.29) is 18.0 Å². The number of alkyl carbamates (subject to hydrolysis) is 1. The fourth-order valence-electron chi connectivity index (χ4n) is 8.24. The van der Waals surface area contributed by atoms with Gasteiger partial charge in [-0.2, -0.15) is 0 Å². The number of unbranched alkanes of at least 4 members (excludes halogenated alkanes) is 1. The van der Waals surface area contributed by atoms with Crippen LogP contribution in [0.15, 0.2) is 74.7 Å². The molecule has 6 rings (SSSR count). The van der Waals surface area contributed by atoms with Crippen molar-refractivity contribution in [2.24, 2.45) is 0 Å². The van der Waals surface area contributed by atoms with Gasteiger partial charge in [-0.05, 0) is 158 Å². The first-order valence-corrected chi connectivity index (χ1v) is 22.5. The van der Waals surface area contributed by atoms with Crippen molar-refractivity contribution < 1.29 is 23.9 Å². The van der Waals surface area contributed by atoms with Gasteiger partial charge in [-0.1, -0.05) is 12.1 Å². The Kier molecular flexibility index (Phi) is 14.9. The van der Waals surface area contributed by atoms with E-state index in [0.29, 0.717) is 85.4 Å². The highest BCUT2D eigenvalue weighted by Crippen LogP contribution is 2.33. The predicted molar refractivity (Wildman–Crippen MR) is 242 cm³/mol. The van der Waals surface area contributed by atoms with Crippen LogP contribution in [0.5, 0.6) is 0 Å². The second-order valence-electron chi connectivity index (χ2n) is 17.3. The monoisotopic (exact) mass is 965 g/mol. The molecule has 0 spiro atoms. The molecule has 0 unspecified atom stereocenters. The molecular weight excluding hydrogens is 910 g/mol. The van der Waals surface area contributed by atoms with Crippen molar-refractivity contribution in [3.8, 4) is 0 Å². The number of carbonyl (C=O) groups is 4. The fourth-order valence-corrected chi connectivity index (χ4v) is 9.52. The number of nitrogens with zero attached hydrogens (tertiary/aromatic N) is 4. The largest absolute Gasteiger partial charge is 0.444 e. The van der Waals surface area contributed by atoms with Crippen molar-refractivity contribution in [3.63, 3.8) is 0 Å². The van der Waals surface area contributed by atoms with Crippen molar-refractivity contribution >= 4 is 72.5 Å². The Labute approximate surface area is 373 Å². The van der Waals surface area contributed by atoms with E-state index >= 15 is 0 Å². The van der Waals surface area contributed by atoms with E-state index in [1.807, 2.05) is 60.4 Å². The third kappa shape index (κ3) is 11.7. The Balaban J connectivity index is 1.17. The summed E-state index contributed by atoms with van der Waals surface area (Å²) in [5, 5.41) is 8.80. The number of halogens is 2. The zero-order valence-corrected chi connectivity index (χ0v) is 38.4. The molecule has 61 heavy (non-hydrogen) atoms. The number of carbonyl (C=O) groups excluding carboxylic acids is 4. The van der Waals surface area contributed by atoms with Crippen LogP contribution in [0.25, 0.3) is 11.0 Å². The van der Waals surface area contributed by atoms with Gasteiger partial charge in [-0.15, -0.1) is 0 Å². The SMILES string of the molecule is CC(C)(C)OC(=O)NCCCC[C@H](NC(=O)[C@@H](Cc1cc(Br)c(N)c(Br)c1)NC(=O)N1CCC(C)(n2c(=O)[nH]c3ccccc32)CC1)C(=O)N1CCC(c2ccncc2)CC1. The van der Waals surface area contributed by atoms with E-state index in [1.54, 1.807) is 42.6 Å². The summed E-state index contributed by atoms with van der Waals surface area (Å²) in [6.07, 6.45) is 7.16. The molecule has 0 bridgehead atoms. The minimum absolute atomic E-state index is 0.114. The zero-order chi connectivity index (χ0) is 43.9. The fraction of sp³-hybridized carbons (Fsp3) is 0.500. The van der Waals surface area contributed by atoms with E-state index < -0.39 is 41.3 Å². The van der Waals surface area contributed by atoms with Crippen molar-refractivity contribution in [3.05, 3.63) is 91.5 Å². The lowest BCUT2D eigenvalue weighted by Crippen LogP contribution is -2.58. The second kappa shape index (κ2) is 19.9. The van der Waals surface area contributed by atoms with Gasteiger partial charge in [0.25, 0.3) is 0 Å². The number of piperidine rings is 2. The molecular formula is C44H57Br2N9O6. The standard InChI is InChI=1S/C44H57Br2N9O6/c1-43(2,3)61-42(60)49-18-8-7-10-34(39(57)53-21-14-30(15-22-53)29-12-19-48-20-13-29)50-38(56)35(27-28-25-31(45)37(47)32(46)26-28)52-40(58)54-23-16-44(4,17-24-54)55-36-11-6-5-9-33(36)51-41(55)59/h5-6,9,11-13,19-20,25-26,30,34-35H,7-8,10,14-18,21-24,27,47H2,1-4H3,(H,49,60)(H,50,56)(H,51,59)(H,52,58)/t34-,35+/m0/s1. The van der Waals surface area contributed by atoms with E-state index in [1.165, 1.54) is 5.56 Å². The topological polar surface area (TPSA) is 197 Å². The minimum Gasteiger partial charge on any atom is -0.444 e. The van der Waals surface area contributed by atoms with Gasteiger partial charge < -0.3 is 41.2 Å². The number of H-pyrrole nitrogens is 1. The number of rotatable bonds is 13. The van der Waals surface area contributed by atoms with Crippen LogP contribution in [-0.2, 0) is 26.3 Å². The molecule has 0 saturated carbocycles. The maximum Gasteiger partial charge on any atom is 0.407 e. The average molecular weight is 968 g/mol. The zero-order valence-electron chi connectivity index (χ0n) is 35.3. The van der Waals surface area contributed by atoms with Crippen LogP contribution in [0.3, 0.4) is 0 Å². The first kappa shape index (κ1) is 45.6. The number of hydrogen-bond donors (Lipinski definition) is 5. The Morgan fingerprint density at radius 1 is 0.934 bits per heavy atom. The maximum absolute atomic E-state index is 14.5. The molecule has 2 saturated heterocycles. The van der Waals surface area contributed by atoms with Gasteiger partial charge in [0.1, 0.15) is 17.7 Å². The normalized spacial score (nSPS) is 16.8. The summed E-state index contributed by atoms with van der Waals surface area (Å²) >= 11 is 7.01. The highest BCUT2D eigenvalue weighted by molar-refractivity contribution is 9.11. The summed E-state index contributed by atoms with van der Waals surface area (Å²) in [7, 11) is 0. The van der Waals surface area contributed by atoms with Gasteiger partial charge in [0.05, 0.1) is 22.3 Å². The third-order valence-electron chi connectivity index (χ3n) is 11.6. The molecule has 328 valence electrons. The van der Waals surface area contributed by atoms with Crippen LogP contribution < -0.4 is 27.4 Å². The average Bonchev–Trinajstić information content (AvgIpc) is 3.58. The number of amides is 5. The number of likely N-dealkylation sites (tertiary alicyclic amines) is 2. The van der Waals surface area contributed by atoms with E-state index in [2.05, 4.69) is 57.8 Å². The second-order valence-corrected chi connectivity index (χ2v) is 19.0. The molecule has 2 fully saturated rings. The molecule has 5 amide bonds. The summed E-state index contributed by atoms with van der Waals surface area (Å²) < 4.78 is 8.41. The highest BCUT2D eigenvalue weighted by atomic mass is 79.9. The molecule has 2 atom stereocenters. The van der Waals surface area contributed by atoms with Crippen LogP contribution in [0.4, 0.5) is 15.3 Å². The van der Waals surface area contributed by atoms with Crippen molar-refractivity contribution in [2.45, 2.75) is 108 Å². The van der Waals surface area contributed by atoms with Crippen LogP contribution in [0.2, 0.25) is 0 Å². The van der Waals surface area contributed by atoms with Gasteiger partial charge >= 0.3 is 17.8 Å². The number of urea groups is 1. The van der Waals surface area contributed by atoms with Gasteiger partial charge in [-0.25, -0.2) is 14.4 Å². The molecule has 6 N–H and O–H groups in total. The molecule has 17 heteroatoms. The summed E-state index contributed by atoms with van der Waals surface area (Å²) in [6, 6.07) is 12.9. The maximum atomic E-state index is 14.5. The number of pyridine rings is 1. The molecule has 4 aromatic rings. The Bertz CT molecular complexity index is 2220. The number of aromatic nitrogens is 3. The summed E-state index contributed by atoms with van der Waals surface area (Å²) in [5.74, 6) is -0.387. The molecule has 2 aromatic heterocycles. The number of anilines is 1. The van der Waals surface area contributed by atoms with Gasteiger partial charge in [0.2, 0.25) is 11.8 Å². The third-order valence-corrected chi connectivity index (χ3v) is 12.9. The van der Waals surface area contributed by atoms with Crippen molar-refractivity contribution in [2.75, 3.05) is 38.5 Å². The molecule has 0 radical (unpaired) electrons. The lowest BCUT2D eigenvalue weighted by molar-refractivity contribution is -0.138. The van der Waals surface area contributed by atoms with E-state index in [0.717, 1.165) is 29.4 Å². The number of imidazole rings is 1. The Morgan fingerprint density at radius 3 is 2.25 bits per heavy atom. The Hall–Kier alpha value is -4.90. The van der Waals surface area contributed by atoms with Gasteiger partial charge in [-0.3, -0.25) is 19.1 Å². The number of hydrogen-bond acceptors (Lipinski definition) is 8. The molecule has 4 heterocycles. The first-order chi connectivity index (χ1) is 29.0. The number of nitrogens with one attached hydrogen (secondary N) is 4. The summed E-state index contributed by atoms with van der Waals surface area (Å²) in [6.45, 7) is 9.53. The van der Waals surface area contributed by atoms with Crippen LogP contribution in [0.1, 0.15) is 89.7 Å². The van der Waals surface area contributed by atoms with Gasteiger partial charge in [0, 0.05) is 60.5 Å². The molecule has 2 aromatic carbocycles. The van der Waals surface area contributed by atoms with E-state index in [9.17, 15) is 24.0 Å². The number of para-hydroxylation sites is 2. The van der Waals surface area contributed by atoms with Crippen LogP contribution >= 0.6 is 31.9 Å². The van der Waals surface area contributed by atoms with Crippen molar-refractivity contribution in [1.29, 1.82) is 0 Å². The highest BCUT2D eigenvalue weighted by Gasteiger charge is 2.37. The lowest BCUT2D eigenvalue weighted by atomic mass is 9.89. The van der Waals surface area contributed by atoms with Gasteiger partial charge in [0.15, 0.2) is 0 Å². The first-order valence-electron chi connectivity index (χ1n) is 21.0. The number of aromatic amines is 1. The van der Waals surface area contributed by atoms with E-state index in [4.69, 9.17) is 10.5 Å². The smallest absolute Gasteiger partial charge is 0.407 e.